The van der Waals surface area contributed by atoms with E-state index < -0.39 is 0 Å². The Morgan fingerprint density at radius 1 is 1.36 bits per heavy atom. The van der Waals surface area contributed by atoms with Crippen molar-refractivity contribution < 1.29 is 4.79 Å². The molecule has 3 rings (SSSR count). The molecule has 0 unspecified atom stereocenters. The molecular weight excluding hydrogens is 354 g/mol. The van der Waals surface area contributed by atoms with Crippen LogP contribution in [-0.2, 0) is 11.8 Å². The summed E-state index contributed by atoms with van der Waals surface area (Å²) in [6.07, 6.45) is 0. The highest BCUT2D eigenvalue weighted by Gasteiger charge is 2.14. The summed E-state index contributed by atoms with van der Waals surface area (Å²) in [4.78, 5) is 29.0. The highest BCUT2D eigenvalue weighted by atomic mass is 32.2. The third-order valence-corrected chi connectivity index (χ3v) is 5.93. The predicted molar refractivity (Wildman–Crippen MR) is 103 cm³/mol. The monoisotopic (exact) mass is 373 g/mol. The first-order chi connectivity index (χ1) is 12.0. The molecule has 1 aromatic carbocycles. The molecule has 3 aromatic rings. The Bertz CT molecular complexity index is 978. The van der Waals surface area contributed by atoms with Crippen molar-refractivity contribution in [1.29, 1.82) is 0 Å². The van der Waals surface area contributed by atoms with Crippen LogP contribution in [-0.4, -0.2) is 21.2 Å². The predicted octanol–water partition coefficient (Wildman–Crippen LogP) is 3.27. The molecule has 1 amide bonds. The third-order valence-electron chi connectivity index (χ3n) is 4.01. The number of nitrogens with zero attached hydrogens (tertiary/aromatic N) is 2. The molecule has 0 spiro atoms. The molecule has 0 radical (unpaired) electrons. The smallest absolute Gasteiger partial charge is 0.271 e. The van der Waals surface area contributed by atoms with E-state index in [4.69, 9.17) is 0 Å². The Kier molecular flexibility index (Phi) is 5.24. The van der Waals surface area contributed by atoms with E-state index in [0.29, 0.717) is 15.4 Å². The summed E-state index contributed by atoms with van der Waals surface area (Å²) in [6, 6.07) is 9.76. The van der Waals surface area contributed by atoms with E-state index in [-0.39, 0.29) is 23.3 Å². The number of benzene rings is 1. The van der Waals surface area contributed by atoms with Crippen LogP contribution < -0.4 is 10.9 Å². The van der Waals surface area contributed by atoms with Gasteiger partial charge >= 0.3 is 0 Å². The number of nitrogens with one attached hydrogen (secondary N) is 1. The van der Waals surface area contributed by atoms with Crippen LogP contribution in [0.15, 0.2) is 45.7 Å². The highest BCUT2D eigenvalue weighted by molar-refractivity contribution is 7.99. The van der Waals surface area contributed by atoms with Crippen molar-refractivity contribution in [3.05, 3.63) is 57.2 Å². The summed E-state index contributed by atoms with van der Waals surface area (Å²) < 4.78 is 2.14. The van der Waals surface area contributed by atoms with Gasteiger partial charge in [-0.05, 0) is 36.4 Å². The Labute approximate surface area is 154 Å². The van der Waals surface area contributed by atoms with Crippen molar-refractivity contribution >= 4 is 39.2 Å². The van der Waals surface area contributed by atoms with Gasteiger partial charge in [0.05, 0.1) is 17.3 Å². The van der Waals surface area contributed by atoms with Gasteiger partial charge in [-0.3, -0.25) is 14.2 Å². The number of carbonyl (C=O) groups excluding carboxylic acids is 1. The molecule has 25 heavy (non-hydrogen) atoms. The zero-order chi connectivity index (χ0) is 18.0. The molecule has 130 valence electrons. The Morgan fingerprint density at radius 3 is 2.88 bits per heavy atom. The molecule has 0 saturated carbocycles. The van der Waals surface area contributed by atoms with E-state index in [1.807, 2.05) is 49.6 Å². The van der Waals surface area contributed by atoms with Crippen LogP contribution in [0.1, 0.15) is 24.1 Å². The summed E-state index contributed by atoms with van der Waals surface area (Å²) in [6.45, 7) is 4.00. The molecule has 0 aliphatic carbocycles. The number of carbonyl (C=O) groups is 1. The number of aryl methyl sites for hydroxylation is 1. The lowest BCUT2D eigenvalue weighted by molar-refractivity contribution is -0.119. The third kappa shape index (κ3) is 3.77. The van der Waals surface area contributed by atoms with Crippen molar-refractivity contribution in [3.63, 3.8) is 0 Å². The van der Waals surface area contributed by atoms with Crippen LogP contribution >= 0.6 is 23.1 Å². The summed E-state index contributed by atoms with van der Waals surface area (Å²) in [5.41, 5.74) is 2.86. The lowest BCUT2D eigenvalue weighted by atomic mass is 10.0. The van der Waals surface area contributed by atoms with Gasteiger partial charge in [0.2, 0.25) is 5.91 Å². The minimum atomic E-state index is -0.0829. The Morgan fingerprint density at radius 2 is 2.12 bits per heavy atom. The number of fused-ring (bicyclic) bond motifs is 1. The van der Waals surface area contributed by atoms with Crippen molar-refractivity contribution in [2.75, 3.05) is 5.75 Å². The van der Waals surface area contributed by atoms with Gasteiger partial charge in [0, 0.05) is 7.05 Å². The topological polar surface area (TPSA) is 64.0 Å². The van der Waals surface area contributed by atoms with Crippen molar-refractivity contribution in [2.45, 2.75) is 25.0 Å². The molecule has 0 fully saturated rings. The van der Waals surface area contributed by atoms with E-state index in [2.05, 4.69) is 10.3 Å². The van der Waals surface area contributed by atoms with Gasteiger partial charge in [0.25, 0.3) is 5.56 Å². The van der Waals surface area contributed by atoms with E-state index >= 15 is 0 Å². The SMILES string of the molecule is Cc1ccccc1[C@H](C)NC(=O)CSc1nc2ccsc2c(=O)n1C. The molecule has 0 saturated heterocycles. The van der Waals surface area contributed by atoms with Crippen LogP contribution in [0.25, 0.3) is 10.2 Å². The standard InChI is InChI=1S/C18H19N3O2S2/c1-11-6-4-5-7-13(11)12(2)19-15(22)10-25-18-20-14-8-9-24-16(14)17(23)21(18)3/h4-9,12H,10H2,1-3H3,(H,19,22)/t12-/m0/s1. The van der Waals surface area contributed by atoms with E-state index in [1.54, 1.807) is 7.05 Å². The fourth-order valence-electron chi connectivity index (χ4n) is 2.66. The van der Waals surface area contributed by atoms with E-state index in [9.17, 15) is 9.59 Å². The minimum Gasteiger partial charge on any atom is -0.349 e. The molecule has 1 atom stereocenters. The molecule has 7 heteroatoms. The zero-order valence-electron chi connectivity index (χ0n) is 14.3. The second-order valence-electron chi connectivity index (χ2n) is 5.83. The van der Waals surface area contributed by atoms with E-state index in [0.717, 1.165) is 11.1 Å². The van der Waals surface area contributed by atoms with Gasteiger partial charge in [-0.15, -0.1) is 11.3 Å². The van der Waals surface area contributed by atoms with Crippen molar-refractivity contribution in [2.24, 2.45) is 7.05 Å². The molecule has 5 nitrogen and oxygen atoms in total. The van der Waals surface area contributed by atoms with Gasteiger partial charge in [-0.1, -0.05) is 36.0 Å². The number of thioether (sulfide) groups is 1. The number of thiophene rings is 1. The second kappa shape index (κ2) is 7.41. The van der Waals surface area contributed by atoms with Gasteiger partial charge < -0.3 is 5.32 Å². The van der Waals surface area contributed by atoms with Gasteiger partial charge in [0.15, 0.2) is 5.16 Å². The first-order valence-corrected chi connectivity index (χ1v) is 9.76. The minimum absolute atomic E-state index is 0.0644. The first-order valence-electron chi connectivity index (χ1n) is 7.89. The molecule has 2 heterocycles. The summed E-state index contributed by atoms with van der Waals surface area (Å²) >= 11 is 2.66. The highest BCUT2D eigenvalue weighted by Crippen LogP contribution is 2.21. The molecule has 0 aliphatic rings. The normalized spacial score (nSPS) is 12.3. The maximum Gasteiger partial charge on any atom is 0.271 e. The van der Waals surface area contributed by atoms with E-state index in [1.165, 1.54) is 27.7 Å². The summed E-state index contributed by atoms with van der Waals surface area (Å²) in [7, 11) is 1.69. The maximum atomic E-state index is 12.3. The molecule has 0 bridgehead atoms. The van der Waals surface area contributed by atoms with Crippen LogP contribution in [0.2, 0.25) is 0 Å². The first kappa shape index (κ1) is 17.7. The van der Waals surface area contributed by atoms with Crippen LogP contribution in [0.5, 0.6) is 0 Å². The number of rotatable bonds is 5. The zero-order valence-corrected chi connectivity index (χ0v) is 15.9. The van der Waals surface area contributed by atoms with Gasteiger partial charge in [-0.2, -0.15) is 0 Å². The summed E-state index contributed by atoms with van der Waals surface area (Å²) in [5.74, 6) is 0.131. The quantitative estimate of drug-likeness (QED) is 0.551. The van der Waals surface area contributed by atoms with Crippen molar-refractivity contribution in [3.8, 4) is 0 Å². The molecule has 2 aromatic heterocycles. The second-order valence-corrected chi connectivity index (χ2v) is 7.69. The van der Waals surface area contributed by atoms with Crippen LogP contribution in [0.4, 0.5) is 0 Å². The Hall–Kier alpha value is -2.12. The molecule has 1 N–H and O–H groups in total. The van der Waals surface area contributed by atoms with Crippen LogP contribution in [0.3, 0.4) is 0 Å². The fourth-order valence-corrected chi connectivity index (χ4v) is 4.25. The average Bonchev–Trinajstić information content (AvgIpc) is 3.05. The molecule has 0 aliphatic heterocycles. The lowest BCUT2D eigenvalue weighted by Crippen LogP contribution is -2.29. The lowest BCUT2D eigenvalue weighted by Gasteiger charge is -2.16. The van der Waals surface area contributed by atoms with Gasteiger partial charge in [-0.25, -0.2) is 4.98 Å². The Balaban J connectivity index is 1.68. The average molecular weight is 374 g/mol. The number of amides is 1. The summed E-state index contributed by atoms with van der Waals surface area (Å²) in [5, 5.41) is 5.40. The number of hydrogen-bond donors (Lipinski definition) is 1. The number of hydrogen-bond acceptors (Lipinski definition) is 5. The maximum absolute atomic E-state index is 12.3. The molecular formula is C18H19N3O2S2. The largest absolute Gasteiger partial charge is 0.349 e. The van der Waals surface area contributed by atoms with Crippen LogP contribution in [0, 0.1) is 6.92 Å². The van der Waals surface area contributed by atoms with Crippen molar-refractivity contribution in [1.82, 2.24) is 14.9 Å². The van der Waals surface area contributed by atoms with Gasteiger partial charge in [0.1, 0.15) is 4.70 Å². The number of aromatic nitrogens is 2. The fraction of sp³-hybridized carbons (Fsp3) is 0.278.